The van der Waals surface area contributed by atoms with Crippen LogP contribution in [0.25, 0.3) is 0 Å². The van der Waals surface area contributed by atoms with Crippen molar-refractivity contribution in [1.29, 1.82) is 5.26 Å². The summed E-state index contributed by atoms with van der Waals surface area (Å²) < 4.78 is 0. The van der Waals surface area contributed by atoms with E-state index in [9.17, 15) is 15.0 Å². The minimum absolute atomic E-state index is 0.0870. The van der Waals surface area contributed by atoms with Crippen LogP contribution in [0.5, 0.6) is 11.5 Å². The lowest BCUT2D eigenvalue weighted by molar-refractivity contribution is 0.0692. The van der Waals surface area contributed by atoms with Crippen LogP contribution in [0.15, 0.2) is 18.2 Å². The molecule has 0 aliphatic carbocycles. The normalized spacial score (nSPS) is 19.3. The lowest BCUT2D eigenvalue weighted by Gasteiger charge is -2.29. The van der Waals surface area contributed by atoms with Crippen LogP contribution in [0.2, 0.25) is 0 Å². The van der Waals surface area contributed by atoms with Gasteiger partial charge in [-0.2, -0.15) is 5.26 Å². The van der Waals surface area contributed by atoms with Gasteiger partial charge in [-0.1, -0.05) is 6.07 Å². The summed E-state index contributed by atoms with van der Waals surface area (Å²) in [5, 5.41) is 28.2. The van der Waals surface area contributed by atoms with E-state index in [1.165, 1.54) is 23.1 Å². The summed E-state index contributed by atoms with van der Waals surface area (Å²) in [6.45, 7) is 0.897. The lowest BCUT2D eigenvalue weighted by Crippen LogP contribution is -2.39. The predicted molar refractivity (Wildman–Crippen MR) is 64.0 cm³/mol. The van der Waals surface area contributed by atoms with E-state index in [1.54, 1.807) is 0 Å². The SMILES string of the molecule is N#CC1CCCN(C(=O)c2c(O)cccc2O)C1. The van der Waals surface area contributed by atoms with Crippen LogP contribution in [0.4, 0.5) is 0 Å². The second-order valence-electron chi connectivity index (χ2n) is 4.39. The summed E-state index contributed by atoms with van der Waals surface area (Å²) in [7, 11) is 0. The largest absolute Gasteiger partial charge is 0.507 e. The molecular weight excluding hydrogens is 232 g/mol. The number of aromatic hydroxyl groups is 2. The number of benzene rings is 1. The summed E-state index contributed by atoms with van der Waals surface area (Å²) in [6.07, 6.45) is 1.55. The minimum Gasteiger partial charge on any atom is -0.507 e. The van der Waals surface area contributed by atoms with Gasteiger partial charge in [0.1, 0.15) is 17.1 Å². The van der Waals surface area contributed by atoms with Crippen LogP contribution in [0, 0.1) is 17.2 Å². The molecule has 1 unspecified atom stereocenters. The molecule has 1 aromatic carbocycles. The van der Waals surface area contributed by atoms with Gasteiger partial charge in [0.2, 0.25) is 0 Å². The molecule has 2 rings (SSSR count). The average Bonchev–Trinajstić information content (AvgIpc) is 2.38. The summed E-state index contributed by atoms with van der Waals surface area (Å²) in [5.41, 5.74) is -0.0870. The van der Waals surface area contributed by atoms with Crippen molar-refractivity contribution in [1.82, 2.24) is 4.90 Å². The van der Waals surface area contributed by atoms with E-state index in [-0.39, 0.29) is 23.0 Å². The zero-order valence-corrected chi connectivity index (χ0v) is 9.83. The molecule has 18 heavy (non-hydrogen) atoms. The van der Waals surface area contributed by atoms with Crippen molar-refractivity contribution in [2.45, 2.75) is 12.8 Å². The van der Waals surface area contributed by atoms with Gasteiger partial charge in [0.05, 0.1) is 12.0 Å². The number of phenolic OH excluding ortho intramolecular Hbond substituents is 2. The summed E-state index contributed by atoms with van der Waals surface area (Å²) in [6, 6.07) is 6.34. The zero-order chi connectivity index (χ0) is 13.1. The highest BCUT2D eigenvalue weighted by molar-refractivity contribution is 5.99. The van der Waals surface area contributed by atoms with Crippen LogP contribution >= 0.6 is 0 Å². The number of piperidine rings is 1. The molecule has 1 fully saturated rings. The quantitative estimate of drug-likeness (QED) is 0.785. The zero-order valence-electron chi connectivity index (χ0n) is 9.83. The standard InChI is InChI=1S/C13H14N2O3/c14-7-9-3-2-6-15(8-9)13(18)12-10(16)4-1-5-11(12)17/h1,4-5,9,16-17H,2-3,6,8H2. The number of phenols is 2. The first-order chi connectivity index (χ1) is 8.63. The molecule has 0 aromatic heterocycles. The van der Waals surface area contributed by atoms with Crippen molar-refractivity contribution in [2.75, 3.05) is 13.1 Å². The van der Waals surface area contributed by atoms with E-state index in [0.717, 1.165) is 12.8 Å². The molecular formula is C13H14N2O3. The summed E-state index contributed by atoms with van der Waals surface area (Å²) >= 11 is 0. The molecule has 94 valence electrons. The molecule has 0 saturated carbocycles. The molecule has 0 radical (unpaired) electrons. The Bertz CT molecular complexity index is 487. The fourth-order valence-corrected chi connectivity index (χ4v) is 2.17. The van der Waals surface area contributed by atoms with Crippen molar-refractivity contribution in [3.8, 4) is 17.6 Å². The van der Waals surface area contributed by atoms with Crippen molar-refractivity contribution < 1.29 is 15.0 Å². The molecule has 1 heterocycles. The second kappa shape index (κ2) is 4.96. The summed E-state index contributed by atoms with van der Waals surface area (Å²) in [5.74, 6) is -1.07. The Morgan fingerprint density at radius 1 is 1.39 bits per heavy atom. The Morgan fingerprint density at radius 3 is 2.67 bits per heavy atom. The molecule has 1 aliphatic heterocycles. The molecule has 0 spiro atoms. The third-order valence-corrected chi connectivity index (χ3v) is 3.13. The fourth-order valence-electron chi connectivity index (χ4n) is 2.17. The molecule has 0 bridgehead atoms. The van der Waals surface area contributed by atoms with Crippen molar-refractivity contribution in [3.05, 3.63) is 23.8 Å². The number of hydrogen-bond acceptors (Lipinski definition) is 4. The number of hydrogen-bond donors (Lipinski definition) is 2. The number of nitriles is 1. The average molecular weight is 246 g/mol. The molecule has 1 aromatic rings. The van der Waals surface area contributed by atoms with Gasteiger partial charge in [-0.15, -0.1) is 0 Å². The first-order valence-corrected chi connectivity index (χ1v) is 5.83. The van der Waals surface area contributed by atoms with Gasteiger partial charge >= 0.3 is 0 Å². The topological polar surface area (TPSA) is 84.6 Å². The van der Waals surface area contributed by atoms with Gasteiger partial charge in [0.25, 0.3) is 5.91 Å². The summed E-state index contributed by atoms with van der Waals surface area (Å²) in [4.78, 5) is 13.7. The van der Waals surface area contributed by atoms with Crippen LogP contribution in [0.3, 0.4) is 0 Å². The highest BCUT2D eigenvalue weighted by Crippen LogP contribution is 2.29. The number of likely N-dealkylation sites (tertiary alicyclic amines) is 1. The van der Waals surface area contributed by atoms with Crippen LogP contribution in [0.1, 0.15) is 23.2 Å². The van der Waals surface area contributed by atoms with Gasteiger partial charge in [-0.25, -0.2) is 0 Å². The fraction of sp³-hybridized carbons (Fsp3) is 0.385. The van der Waals surface area contributed by atoms with E-state index in [2.05, 4.69) is 6.07 Å². The Morgan fingerprint density at radius 2 is 2.06 bits per heavy atom. The van der Waals surface area contributed by atoms with E-state index >= 15 is 0 Å². The van der Waals surface area contributed by atoms with E-state index < -0.39 is 5.91 Å². The van der Waals surface area contributed by atoms with E-state index in [4.69, 9.17) is 5.26 Å². The molecule has 5 nitrogen and oxygen atoms in total. The molecule has 1 amide bonds. The molecule has 2 N–H and O–H groups in total. The number of nitrogens with zero attached hydrogens (tertiary/aromatic N) is 2. The van der Waals surface area contributed by atoms with E-state index in [0.29, 0.717) is 13.1 Å². The Hall–Kier alpha value is -2.22. The van der Waals surface area contributed by atoms with Gasteiger partial charge in [0.15, 0.2) is 0 Å². The van der Waals surface area contributed by atoms with Crippen LogP contribution in [-0.2, 0) is 0 Å². The highest BCUT2D eigenvalue weighted by atomic mass is 16.3. The first kappa shape index (κ1) is 12.2. The third-order valence-electron chi connectivity index (χ3n) is 3.13. The highest BCUT2D eigenvalue weighted by Gasteiger charge is 2.27. The van der Waals surface area contributed by atoms with Crippen molar-refractivity contribution in [2.24, 2.45) is 5.92 Å². The van der Waals surface area contributed by atoms with Crippen LogP contribution < -0.4 is 0 Å². The number of carbonyl (C=O) groups excluding carboxylic acids is 1. The minimum atomic E-state index is -0.425. The van der Waals surface area contributed by atoms with Gasteiger partial charge in [-0.05, 0) is 25.0 Å². The molecule has 1 aliphatic rings. The molecule has 1 atom stereocenters. The smallest absolute Gasteiger partial charge is 0.261 e. The third kappa shape index (κ3) is 2.23. The van der Waals surface area contributed by atoms with Crippen LogP contribution in [-0.4, -0.2) is 34.1 Å². The Labute approximate surface area is 105 Å². The Kier molecular flexibility index (Phi) is 3.38. The first-order valence-electron chi connectivity index (χ1n) is 5.83. The van der Waals surface area contributed by atoms with Gasteiger partial charge < -0.3 is 15.1 Å². The molecule has 5 heteroatoms. The maximum Gasteiger partial charge on any atom is 0.261 e. The van der Waals surface area contributed by atoms with Gasteiger partial charge in [0, 0.05) is 13.1 Å². The predicted octanol–water partition coefficient (Wildman–Crippen LogP) is 1.47. The number of amides is 1. The maximum absolute atomic E-state index is 12.2. The van der Waals surface area contributed by atoms with Crippen molar-refractivity contribution in [3.63, 3.8) is 0 Å². The lowest BCUT2D eigenvalue weighted by atomic mass is 9.98. The Balaban J connectivity index is 2.24. The van der Waals surface area contributed by atoms with Gasteiger partial charge in [-0.3, -0.25) is 4.79 Å². The second-order valence-corrected chi connectivity index (χ2v) is 4.39. The maximum atomic E-state index is 12.2. The number of carbonyl (C=O) groups is 1. The monoisotopic (exact) mass is 246 g/mol. The number of rotatable bonds is 1. The van der Waals surface area contributed by atoms with Crippen molar-refractivity contribution >= 4 is 5.91 Å². The molecule has 1 saturated heterocycles. The van der Waals surface area contributed by atoms with E-state index in [1.807, 2.05) is 0 Å².